The number of aryl methyl sites for hydroxylation is 3. The molecule has 0 saturated carbocycles. The highest BCUT2D eigenvalue weighted by atomic mass is 16.3. The fraction of sp³-hybridized carbons (Fsp3) is 0.207. The first-order valence-corrected chi connectivity index (χ1v) is 11.9. The molecule has 1 heterocycles. The summed E-state index contributed by atoms with van der Waals surface area (Å²) >= 11 is 0. The maximum absolute atomic E-state index is 12.8. The third-order valence-corrected chi connectivity index (χ3v) is 6.32. The number of nitrogens with zero attached hydrogens (tertiary/aromatic N) is 2. The van der Waals surface area contributed by atoms with Crippen LogP contribution < -0.4 is 5.32 Å². The Balaban J connectivity index is 1.45. The molecule has 35 heavy (non-hydrogen) atoms. The van der Waals surface area contributed by atoms with Crippen LogP contribution >= 0.6 is 0 Å². The number of anilines is 1. The van der Waals surface area contributed by atoms with Gasteiger partial charge in [0.1, 0.15) is 11.4 Å². The van der Waals surface area contributed by atoms with E-state index >= 15 is 0 Å². The zero-order chi connectivity index (χ0) is 24.2. The molecule has 1 aliphatic rings. The Morgan fingerprint density at radius 3 is 2.46 bits per heavy atom. The van der Waals surface area contributed by atoms with Crippen molar-refractivity contribution in [1.82, 2.24) is 9.97 Å². The van der Waals surface area contributed by atoms with Crippen molar-refractivity contribution in [3.63, 3.8) is 0 Å². The number of amides is 1. The van der Waals surface area contributed by atoms with E-state index in [1.807, 2.05) is 36.4 Å². The average Bonchev–Trinajstić information content (AvgIpc) is 2.89. The van der Waals surface area contributed by atoms with E-state index in [9.17, 15) is 15.0 Å². The van der Waals surface area contributed by atoms with Gasteiger partial charge in [-0.15, -0.1) is 0 Å². The second-order valence-corrected chi connectivity index (χ2v) is 8.80. The molecule has 5 rings (SSSR count). The number of fused-ring (bicyclic) bond motifs is 3. The van der Waals surface area contributed by atoms with Crippen molar-refractivity contribution in [2.75, 3.05) is 5.32 Å². The number of aromatic nitrogens is 2. The number of hydrogen-bond acceptors (Lipinski definition) is 5. The van der Waals surface area contributed by atoms with Crippen molar-refractivity contribution >= 4 is 11.7 Å². The number of benzene rings is 3. The minimum Gasteiger partial charge on any atom is -0.508 e. The highest BCUT2D eigenvalue weighted by molar-refractivity contribution is 5.94. The number of aliphatic hydroxyl groups excluding tert-OH is 1. The van der Waals surface area contributed by atoms with Gasteiger partial charge in [-0.2, -0.15) is 0 Å². The molecule has 0 unspecified atom stereocenters. The standard InChI is InChI=1S/C29H27N3O3/c33-18-20-9-15-24-22(17-20)12-16-25-28(24)32-27(21-10-13-23(34)14-11-21)29(30-25)31-26(35)8-4-7-19-5-2-1-3-6-19/h1-3,5-6,9-11,13-15,17,33-34H,4,7-8,12,16,18H2,(H,30,31,35). The Kier molecular flexibility index (Phi) is 6.55. The van der Waals surface area contributed by atoms with E-state index in [1.165, 1.54) is 5.56 Å². The number of phenolic OH excluding ortho intramolecular Hbond substituents is 1. The molecule has 4 aromatic rings. The zero-order valence-corrected chi connectivity index (χ0v) is 19.4. The molecule has 0 saturated heterocycles. The fourth-order valence-electron chi connectivity index (χ4n) is 4.50. The number of nitrogens with one attached hydrogen (secondary N) is 1. The lowest BCUT2D eigenvalue weighted by Gasteiger charge is -2.21. The van der Waals surface area contributed by atoms with Gasteiger partial charge in [0, 0.05) is 17.5 Å². The summed E-state index contributed by atoms with van der Waals surface area (Å²) in [6.07, 6.45) is 3.46. The van der Waals surface area contributed by atoms with Crippen LogP contribution in [0.5, 0.6) is 5.75 Å². The summed E-state index contributed by atoms with van der Waals surface area (Å²) < 4.78 is 0. The van der Waals surface area contributed by atoms with Crippen molar-refractivity contribution in [2.24, 2.45) is 0 Å². The molecule has 3 N–H and O–H groups in total. The largest absolute Gasteiger partial charge is 0.508 e. The Morgan fingerprint density at radius 1 is 0.886 bits per heavy atom. The van der Waals surface area contributed by atoms with Crippen LogP contribution in [0.15, 0.2) is 72.8 Å². The smallest absolute Gasteiger partial charge is 0.225 e. The van der Waals surface area contributed by atoms with E-state index in [0.29, 0.717) is 24.4 Å². The molecule has 0 radical (unpaired) electrons. The zero-order valence-electron chi connectivity index (χ0n) is 19.4. The van der Waals surface area contributed by atoms with Crippen LogP contribution in [0.25, 0.3) is 22.5 Å². The van der Waals surface area contributed by atoms with Crippen LogP contribution in [0.3, 0.4) is 0 Å². The Hall–Kier alpha value is -4.03. The maximum atomic E-state index is 12.8. The van der Waals surface area contributed by atoms with Gasteiger partial charge in [0.15, 0.2) is 5.82 Å². The molecule has 0 bridgehead atoms. The minimum atomic E-state index is -0.0981. The van der Waals surface area contributed by atoms with Crippen molar-refractivity contribution in [3.05, 3.63) is 95.2 Å². The van der Waals surface area contributed by atoms with Gasteiger partial charge in [-0.1, -0.05) is 48.5 Å². The van der Waals surface area contributed by atoms with Crippen LogP contribution in [-0.4, -0.2) is 26.1 Å². The molecule has 1 aromatic heterocycles. The van der Waals surface area contributed by atoms with Gasteiger partial charge >= 0.3 is 0 Å². The summed E-state index contributed by atoms with van der Waals surface area (Å²) in [4.78, 5) is 22.7. The van der Waals surface area contributed by atoms with Gasteiger partial charge in [-0.3, -0.25) is 4.79 Å². The molecule has 0 aliphatic heterocycles. The number of aliphatic hydroxyl groups is 1. The van der Waals surface area contributed by atoms with Crippen molar-refractivity contribution in [1.29, 1.82) is 0 Å². The second-order valence-electron chi connectivity index (χ2n) is 8.80. The Bertz CT molecular complexity index is 1350. The van der Waals surface area contributed by atoms with Gasteiger partial charge in [0.2, 0.25) is 5.91 Å². The third-order valence-electron chi connectivity index (χ3n) is 6.32. The molecule has 0 fully saturated rings. The molecular weight excluding hydrogens is 438 g/mol. The van der Waals surface area contributed by atoms with Gasteiger partial charge in [0.05, 0.1) is 18.0 Å². The van der Waals surface area contributed by atoms with Crippen molar-refractivity contribution < 1.29 is 15.0 Å². The molecule has 1 amide bonds. The molecule has 0 atom stereocenters. The lowest BCUT2D eigenvalue weighted by Crippen LogP contribution is -2.17. The number of rotatable bonds is 7. The van der Waals surface area contributed by atoms with Crippen LogP contribution in [0, 0.1) is 0 Å². The molecular formula is C29H27N3O3. The van der Waals surface area contributed by atoms with E-state index in [0.717, 1.165) is 52.9 Å². The maximum Gasteiger partial charge on any atom is 0.225 e. The average molecular weight is 466 g/mol. The molecule has 0 spiro atoms. The molecule has 6 nitrogen and oxygen atoms in total. The number of phenols is 1. The highest BCUT2D eigenvalue weighted by Gasteiger charge is 2.23. The van der Waals surface area contributed by atoms with Crippen molar-refractivity contribution in [2.45, 2.75) is 38.7 Å². The first-order chi connectivity index (χ1) is 17.1. The van der Waals surface area contributed by atoms with Gasteiger partial charge in [-0.05, 0) is 66.6 Å². The highest BCUT2D eigenvalue weighted by Crippen LogP contribution is 2.36. The lowest BCUT2D eigenvalue weighted by molar-refractivity contribution is -0.116. The summed E-state index contributed by atoms with van der Waals surface area (Å²) in [6.45, 7) is -0.000183. The van der Waals surface area contributed by atoms with Crippen LogP contribution in [0.4, 0.5) is 5.82 Å². The SMILES string of the molecule is O=C(CCCc1ccccc1)Nc1nc2c(nc1-c1ccc(O)cc1)-c1ccc(CO)cc1CC2. The van der Waals surface area contributed by atoms with Gasteiger partial charge < -0.3 is 15.5 Å². The number of hydrogen-bond donors (Lipinski definition) is 3. The van der Waals surface area contributed by atoms with Crippen molar-refractivity contribution in [3.8, 4) is 28.3 Å². The molecule has 1 aliphatic carbocycles. The second kappa shape index (κ2) is 10.1. The number of carbonyl (C=O) groups excluding carboxylic acids is 1. The molecule has 176 valence electrons. The first kappa shape index (κ1) is 22.7. The fourth-order valence-corrected chi connectivity index (χ4v) is 4.50. The molecule has 3 aromatic carbocycles. The summed E-state index contributed by atoms with van der Waals surface area (Å²) in [5, 5.41) is 22.3. The summed E-state index contributed by atoms with van der Waals surface area (Å²) in [6, 6.07) is 22.8. The van der Waals surface area contributed by atoms with Gasteiger partial charge in [0.25, 0.3) is 0 Å². The Morgan fingerprint density at radius 2 is 1.69 bits per heavy atom. The summed E-state index contributed by atoms with van der Waals surface area (Å²) in [7, 11) is 0. The monoisotopic (exact) mass is 465 g/mol. The predicted molar refractivity (Wildman–Crippen MR) is 136 cm³/mol. The number of carbonyl (C=O) groups is 1. The minimum absolute atomic E-state index is 0.000183. The molecule has 6 heteroatoms. The predicted octanol–water partition coefficient (Wildman–Crippen LogP) is 5.07. The Labute approximate surface area is 204 Å². The van der Waals surface area contributed by atoms with Gasteiger partial charge in [-0.25, -0.2) is 9.97 Å². The quantitative estimate of drug-likeness (QED) is 0.354. The van der Waals surface area contributed by atoms with E-state index in [2.05, 4.69) is 17.4 Å². The summed E-state index contributed by atoms with van der Waals surface area (Å²) in [5.74, 6) is 0.502. The normalized spacial score (nSPS) is 12.0. The van der Waals surface area contributed by atoms with Crippen LogP contribution in [0.1, 0.15) is 35.2 Å². The van der Waals surface area contributed by atoms with E-state index in [-0.39, 0.29) is 18.3 Å². The number of aromatic hydroxyl groups is 1. The van der Waals surface area contributed by atoms with Crippen LogP contribution in [0.2, 0.25) is 0 Å². The lowest BCUT2D eigenvalue weighted by atomic mass is 9.90. The van der Waals surface area contributed by atoms with E-state index in [1.54, 1.807) is 24.3 Å². The van der Waals surface area contributed by atoms with E-state index < -0.39 is 0 Å². The summed E-state index contributed by atoms with van der Waals surface area (Å²) in [5.41, 5.74) is 7.18. The van der Waals surface area contributed by atoms with E-state index in [4.69, 9.17) is 9.97 Å². The first-order valence-electron chi connectivity index (χ1n) is 11.9. The topological polar surface area (TPSA) is 95.3 Å². The third kappa shape index (κ3) is 5.08. The van der Waals surface area contributed by atoms with Crippen LogP contribution in [-0.2, 0) is 30.7 Å².